The topological polar surface area (TPSA) is 57.7 Å². The molecule has 0 aromatic heterocycles. The van der Waals surface area contributed by atoms with Crippen molar-refractivity contribution < 1.29 is 13.2 Å². The first-order chi connectivity index (χ1) is 11.3. The third-order valence-electron chi connectivity index (χ3n) is 7.24. The lowest BCUT2D eigenvalue weighted by atomic mass is 9.54. The maximum absolute atomic E-state index is 13.0. The molecule has 5 nitrogen and oxygen atoms in total. The fraction of sp³-hybridized carbons (Fsp3) is 0.944. The minimum Gasteiger partial charge on any atom is -0.342 e. The highest BCUT2D eigenvalue weighted by molar-refractivity contribution is 7.88. The van der Waals surface area contributed by atoms with E-state index < -0.39 is 10.0 Å². The Balaban J connectivity index is 1.40. The first-order valence-corrected chi connectivity index (χ1v) is 11.4. The van der Waals surface area contributed by atoms with Crippen molar-refractivity contribution in [1.82, 2.24) is 9.21 Å². The molecule has 0 radical (unpaired) electrons. The molecule has 5 rings (SSSR count). The third-order valence-corrected chi connectivity index (χ3v) is 8.55. The Kier molecular flexibility index (Phi) is 4.19. The molecular formula is C18H30N2O3S. The molecule has 0 atom stereocenters. The Morgan fingerprint density at radius 3 is 1.92 bits per heavy atom. The summed E-state index contributed by atoms with van der Waals surface area (Å²) in [6.45, 7) is 0.982. The van der Waals surface area contributed by atoms with Crippen molar-refractivity contribution >= 4 is 15.9 Å². The molecule has 24 heavy (non-hydrogen) atoms. The first kappa shape index (κ1) is 16.8. The van der Waals surface area contributed by atoms with Gasteiger partial charge in [-0.25, -0.2) is 12.7 Å². The number of carbonyl (C=O) groups excluding carboxylic acids is 1. The van der Waals surface area contributed by atoms with Crippen LogP contribution in [0.25, 0.3) is 0 Å². The number of hydrogen-bond donors (Lipinski definition) is 0. The van der Waals surface area contributed by atoms with E-state index in [0.717, 1.165) is 11.8 Å². The summed E-state index contributed by atoms with van der Waals surface area (Å²) in [5.41, 5.74) is 0. The van der Waals surface area contributed by atoms with Crippen LogP contribution in [0.2, 0.25) is 0 Å². The van der Waals surface area contributed by atoms with Crippen LogP contribution in [-0.4, -0.2) is 56.0 Å². The minimum atomic E-state index is -3.12. The second kappa shape index (κ2) is 5.97. The first-order valence-electron chi connectivity index (χ1n) is 9.54. The molecule has 0 aromatic rings. The molecular weight excluding hydrogens is 324 g/mol. The molecule has 4 aliphatic carbocycles. The van der Waals surface area contributed by atoms with Crippen molar-refractivity contribution in [3.8, 4) is 0 Å². The number of sulfonamides is 1. The van der Waals surface area contributed by atoms with E-state index in [1.54, 1.807) is 0 Å². The van der Waals surface area contributed by atoms with Gasteiger partial charge in [-0.15, -0.1) is 0 Å². The van der Waals surface area contributed by atoms with Crippen LogP contribution >= 0.6 is 0 Å². The largest absolute Gasteiger partial charge is 0.342 e. The van der Waals surface area contributed by atoms with Crippen LogP contribution in [0.3, 0.4) is 0 Å². The molecule has 4 bridgehead atoms. The number of carbonyl (C=O) groups is 1. The highest BCUT2D eigenvalue weighted by Gasteiger charge is 2.50. The molecule has 5 fully saturated rings. The van der Waals surface area contributed by atoms with Crippen molar-refractivity contribution in [1.29, 1.82) is 0 Å². The second-order valence-electron chi connectivity index (χ2n) is 8.81. The van der Waals surface area contributed by atoms with E-state index in [-0.39, 0.29) is 11.8 Å². The van der Waals surface area contributed by atoms with E-state index in [1.165, 1.54) is 42.7 Å². The lowest BCUT2D eigenvalue weighted by molar-refractivity contribution is -0.146. The number of piperidine rings is 1. The Morgan fingerprint density at radius 1 is 0.958 bits per heavy atom. The molecule has 6 heteroatoms. The normalized spacial score (nSPS) is 40.0. The molecule has 136 valence electrons. The van der Waals surface area contributed by atoms with Crippen LogP contribution in [0.1, 0.15) is 44.9 Å². The van der Waals surface area contributed by atoms with Gasteiger partial charge in [-0.05, 0) is 68.6 Å². The van der Waals surface area contributed by atoms with E-state index in [1.807, 2.05) is 7.05 Å². The van der Waals surface area contributed by atoms with E-state index >= 15 is 0 Å². The summed E-state index contributed by atoms with van der Waals surface area (Å²) >= 11 is 0. The number of rotatable bonds is 3. The zero-order valence-electron chi connectivity index (χ0n) is 14.9. The molecule has 1 amide bonds. The van der Waals surface area contributed by atoms with Gasteiger partial charge in [0.2, 0.25) is 15.9 Å². The van der Waals surface area contributed by atoms with Crippen molar-refractivity contribution in [3.63, 3.8) is 0 Å². The van der Waals surface area contributed by atoms with E-state index in [4.69, 9.17) is 0 Å². The van der Waals surface area contributed by atoms with Crippen LogP contribution < -0.4 is 0 Å². The van der Waals surface area contributed by atoms with E-state index in [0.29, 0.717) is 43.8 Å². The van der Waals surface area contributed by atoms with Gasteiger partial charge in [0.05, 0.1) is 6.26 Å². The fourth-order valence-electron chi connectivity index (χ4n) is 6.40. The summed E-state index contributed by atoms with van der Waals surface area (Å²) in [5.74, 6) is 3.54. The highest BCUT2D eigenvalue weighted by atomic mass is 32.2. The summed E-state index contributed by atoms with van der Waals surface area (Å²) in [5, 5.41) is 0. The van der Waals surface area contributed by atoms with Crippen molar-refractivity contribution in [2.24, 2.45) is 29.6 Å². The molecule has 0 N–H and O–H groups in total. The van der Waals surface area contributed by atoms with Gasteiger partial charge in [0.15, 0.2) is 0 Å². The molecule has 0 spiro atoms. The predicted octanol–water partition coefficient (Wildman–Crippen LogP) is 1.94. The molecule has 1 heterocycles. The van der Waals surface area contributed by atoms with Crippen LogP contribution in [0, 0.1) is 29.6 Å². The average Bonchev–Trinajstić information content (AvgIpc) is 2.52. The Labute approximate surface area is 145 Å². The lowest BCUT2D eigenvalue weighted by Gasteiger charge is -2.57. The van der Waals surface area contributed by atoms with Crippen molar-refractivity contribution in [3.05, 3.63) is 0 Å². The summed E-state index contributed by atoms with van der Waals surface area (Å²) in [4.78, 5) is 15.1. The molecule has 1 aliphatic heterocycles. The molecule has 5 aliphatic rings. The zero-order valence-corrected chi connectivity index (χ0v) is 15.7. The summed E-state index contributed by atoms with van der Waals surface area (Å²) < 4.78 is 24.8. The van der Waals surface area contributed by atoms with Crippen LogP contribution in [-0.2, 0) is 14.8 Å². The summed E-state index contributed by atoms with van der Waals surface area (Å²) in [7, 11) is -1.11. The van der Waals surface area contributed by atoms with Crippen molar-refractivity contribution in [2.75, 3.05) is 26.4 Å². The van der Waals surface area contributed by atoms with Gasteiger partial charge in [-0.2, -0.15) is 0 Å². The zero-order chi connectivity index (χ0) is 17.1. The van der Waals surface area contributed by atoms with Crippen LogP contribution in [0.5, 0.6) is 0 Å². The standard InChI is InChI=1S/C18H30N2O3S/c1-19(17-15-8-12-7-13(10-15)11-16(17)9-12)18(21)14-3-5-20(6-4-14)24(2,22)23/h12-17H,3-11H2,1-2H3. The van der Waals surface area contributed by atoms with Gasteiger partial charge < -0.3 is 4.90 Å². The molecule has 0 aromatic carbocycles. The maximum atomic E-state index is 13.0. The van der Waals surface area contributed by atoms with Gasteiger partial charge in [-0.3, -0.25) is 4.79 Å². The molecule has 4 saturated carbocycles. The van der Waals surface area contributed by atoms with Gasteiger partial charge in [-0.1, -0.05) is 0 Å². The summed E-state index contributed by atoms with van der Waals surface area (Å²) in [6, 6.07) is 0.443. The second-order valence-corrected chi connectivity index (χ2v) is 10.8. The van der Waals surface area contributed by atoms with E-state index in [2.05, 4.69) is 4.90 Å². The highest BCUT2D eigenvalue weighted by Crippen LogP contribution is 2.55. The Hall–Kier alpha value is -0.620. The average molecular weight is 355 g/mol. The van der Waals surface area contributed by atoms with Gasteiger partial charge in [0, 0.05) is 32.1 Å². The smallest absolute Gasteiger partial charge is 0.225 e. The Bertz CT molecular complexity index is 582. The third kappa shape index (κ3) is 2.90. The monoisotopic (exact) mass is 354 g/mol. The van der Waals surface area contributed by atoms with Gasteiger partial charge in [0.25, 0.3) is 0 Å². The SMILES string of the molecule is CN(C(=O)C1CCN(S(C)(=O)=O)CC1)C1C2CC3CC(C2)CC1C3. The summed E-state index contributed by atoms with van der Waals surface area (Å²) in [6.07, 6.45) is 9.32. The number of amides is 1. The van der Waals surface area contributed by atoms with Gasteiger partial charge in [0.1, 0.15) is 0 Å². The van der Waals surface area contributed by atoms with Crippen LogP contribution in [0.15, 0.2) is 0 Å². The van der Waals surface area contributed by atoms with Crippen molar-refractivity contribution in [2.45, 2.75) is 51.0 Å². The van der Waals surface area contributed by atoms with Gasteiger partial charge >= 0.3 is 0 Å². The minimum absolute atomic E-state index is 0.00480. The molecule has 1 saturated heterocycles. The molecule has 0 unspecified atom stereocenters. The van der Waals surface area contributed by atoms with E-state index in [9.17, 15) is 13.2 Å². The number of nitrogens with zero attached hydrogens (tertiary/aromatic N) is 2. The number of hydrogen-bond acceptors (Lipinski definition) is 3. The maximum Gasteiger partial charge on any atom is 0.225 e. The Morgan fingerprint density at radius 2 is 1.46 bits per heavy atom. The van der Waals surface area contributed by atoms with Crippen LogP contribution in [0.4, 0.5) is 0 Å². The fourth-order valence-corrected chi connectivity index (χ4v) is 7.27. The lowest BCUT2D eigenvalue weighted by Crippen LogP contribution is -2.57. The predicted molar refractivity (Wildman–Crippen MR) is 92.7 cm³/mol. The quantitative estimate of drug-likeness (QED) is 0.778.